The molecule has 114 valence electrons. The maximum atomic E-state index is 14.0. The number of halogens is 2. The van der Waals surface area contributed by atoms with E-state index in [0.29, 0.717) is 6.54 Å². The van der Waals surface area contributed by atoms with Crippen molar-refractivity contribution in [3.8, 4) is 17.6 Å². The number of piperidine rings is 1. The largest absolute Gasteiger partial charge is 0.493 e. The van der Waals surface area contributed by atoms with Crippen molar-refractivity contribution in [3.63, 3.8) is 0 Å². The van der Waals surface area contributed by atoms with Gasteiger partial charge in [0, 0.05) is 25.1 Å². The molecule has 5 nitrogen and oxygen atoms in total. The Morgan fingerprint density at radius 2 is 2.14 bits per heavy atom. The number of nitrogen functional groups attached to an aromatic ring is 1. The summed E-state index contributed by atoms with van der Waals surface area (Å²) in [5.41, 5.74) is 6.06. The highest BCUT2D eigenvalue weighted by atomic mass is 19.3. The van der Waals surface area contributed by atoms with Crippen LogP contribution in [0.3, 0.4) is 0 Å². The number of nitrogens with zero attached hydrogens (tertiary/aromatic N) is 2. The van der Waals surface area contributed by atoms with Crippen LogP contribution in [0, 0.1) is 11.3 Å². The van der Waals surface area contributed by atoms with Gasteiger partial charge in [0.1, 0.15) is 6.07 Å². The third-order valence-electron chi connectivity index (χ3n) is 3.45. The average molecular weight is 297 g/mol. The molecule has 1 aromatic carbocycles. The van der Waals surface area contributed by atoms with Gasteiger partial charge in [-0.3, -0.25) is 0 Å². The lowest BCUT2D eigenvalue weighted by molar-refractivity contribution is -0.135. The quantitative estimate of drug-likeness (QED) is 0.862. The van der Waals surface area contributed by atoms with Gasteiger partial charge in [0.25, 0.3) is 5.92 Å². The van der Waals surface area contributed by atoms with E-state index < -0.39 is 12.0 Å². The standard InChI is InChI=1S/C14H17F2N3O2/c1-19-4-3-13(14(15,16)8-19)21-12-5-9(7-17)10(18)6-11(12)20-2/h5-6,13H,3-4,8,18H2,1-2H3/t13-/m1/s1. The van der Waals surface area contributed by atoms with Crippen LogP contribution in [-0.2, 0) is 0 Å². The van der Waals surface area contributed by atoms with Gasteiger partial charge in [-0.05, 0) is 7.05 Å². The molecule has 1 aliphatic heterocycles. The van der Waals surface area contributed by atoms with Crippen molar-refractivity contribution in [1.82, 2.24) is 4.90 Å². The third-order valence-corrected chi connectivity index (χ3v) is 3.45. The molecule has 0 unspecified atom stereocenters. The molecule has 0 spiro atoms. The zero-order chi connectivity index (χ0) is 15.6. The minimum absolute atomic E-state index is 0.109. The number of ether oxygens (including phenoxy) is 2. The van der Waals surface area contributed by atoms with Gasteiger partial charge in [-0.25, -0.2) is 8.78 Å². The van der Waals surface area contributed by atoms with Crippen LogP contribution in [0.15, 0.2) is 12.1 Å². The smallest absolute Gasteiger partial charge is 0.296 e. The van der Waals surface area contributed by atoms with Crippen molar-refractivity contribution in [2.45, 2.75) is 18.4 Å². The first-order valence-corrected chi connectivity index (χ1v) is 6.48. The van der Waals surface area contributed by atoms with Crippen molar-refractivity contribution >= 4 is 5.69 Å². The van der Waals surface area contributed by atoms with E-state index in [0.717, 1.165) is 0 Å². The highest BCUT2D eigenvalue weighted by molar-refractivity contribution is 5.62. The fourth-order valence-corrected chi connectivity index (χ4v) is 2.31. The predicted molar refractivity (Wildman–Crippen MR) is 73.6 cm³/mol. The van der Waals surface area contributed by atoms with Crippen molar-refractivity contribution < 1.29 is 18.3 Å². The van der Waals surface area contributed by atoms with Gasteiger partial charge in [-0.1, -0.05) is 0 Å². The highest BCUT2D eigenvalue weighted by Gasteiger charge is 2.45. The molecular weight excluding hydrogens is 280 g/mol. The molecule has 2 rings (SSSR count). The molecule has 0 amide bonds. The van der Waals surface area contributed by atoms with E-state index in [1.165, 1.54) is 19.2 Å². The molecule has 0 saturated carbocycles. The van der Waals surface area contributed by atoms with Gasteiger partial charge in [0.2, 0.25) is 0 Å². The maximum absolute atomic E-state index is 14.0. The first-order valence-electron chi connectivity index (χ1n) is 6.48. The predicted octanol–water partition coefficient (Wildman–Crippen LogP) is 1.87. The number of nitrogens with two attached hydrogens (primary N) is 1. The van der Waals surface area contributed by atoms with E-state index >= 15 is 0 Å². The molecular formula is C14H17F2N3O2. The molecule has 0 bridgehead atoms. The summed E-state index contributed by atoms with van der Waals surface area (Å²) in [6, 6.07) is 4.64. The molecule has 1 saturated heterocycles. The fourth-order valence-electron chi connectivity index (χ4n) is 2.31. The topological polar surface area (TPSA) is 71.5 Å². The summed E-state index contributed by atoms with van der Waals surface area (Å²) in [4.78, 5) is 1.56. The molecule has 1 atom stereocenters. The number of likely N-dealkylation sites (tertiary alicyclic amines) is 1. The molecule has 1 heterocycles. The van der Waals surface area contributed by atoms with Gasteiger partial charge in [0.05, 0.1) is 24.9 Å². The second-order valence-electron chi connectivity index (χ2n) is 5.10. The van der Waals surface area contributed by atoms with Crippen molar-refractivity contribution in [2.24, 2.45) is 0 Å². The molecule has 21 heavy (non-hydrogen) atoms. The highest BCUT2D eigenvalue weighted by Crippen LogP contribution is 2.36. The molecule has 2 N–H and O–H groups in total. The maximum Gasteiger partial charge on any atom is 0.296 e. The van der Waals surface area contributed by atoms with Gasteiger partial charge in [-0.15, -0.1) is 0 Å². The summed E-state index contributed by atoms with van der Waals surface area (Å²) in [5.74, 6) is -2.62. The van der Waals surface area contributed by atoms with Crippen LogP contribution < -0.4 is 15.2 Å². The molecule has 1 aromatic rings. The first kappa shape index (κ1) is 15.3. The lowest BCUT2D eigenvalue weighted by Gasteiger charge is -2.36. The molecule has 7 heteroatoms. The monoisotopic (exact) mass is 297 g/mol. The summed E-state index contributed by atoms with van der Waals surface area (Å²) >= 11 is 0. The second kappa shape index (κ2) is 5.74. The van der Waals surface area contributed by atoms with E-state index in [4.69, 9.17) is 20.5 Å². The van der Waals surface area contributed by atoms with Gasteiger partial charge in [0.15, 0.2) is 17.6 Å². The first-order chi connectivity index (χ1) is 9.87. The third kappa shape index (κ3) is 3.16. The van der Waals surface area contributed by atoms with E-state index in [9.17, 15) is 8.78 Å². The Morgan fingerprint density at radius 1 is 1.43 bits per heavy atom. The summed E-state index contributed by atoms with van der Waals surface area (Å²) in [6.07, 6.45) is -1.06. The van der Waals surface area contributed by atoms with Crippen molar-refractivity contribution in [1.29, 1.82) is 5.26 Å². The van der Waals surface area contributed by atoms with Crippen LogP contribution in [0.4, 0.5) is 14.5 Å². The number of nitriles is 1. The van der Waals surface area contributed by atoms with Crippen molar-refractivity contribution in [3.05, 3.63) is 17.7 Å². The number of hydrogen-bond donors (Lipinski definition) is 1. The second-order valence-corrected chi connectivity index (χ2v) is 5.10. The Morgan fingerprint density at radius 3 is 2.71 bits per heavy atom. The van der Waals surface area contributed by atoms with Crippen molar-refractivity contribution in [2.75, 3.05) is 33.0 Å². The van der Waals surface area contributed by atoms with E-state index in [-0.39, 0.29) is 35.7 Å². The number of hydrogen-bond acceptors (Lipinski definition) is 5. The van der Waals surface area contributed by atoms with E-state index in [1.807, 2.05) is 6.07 Å². The van der Waals surface area contributed by atoms with Gasteiger partial charge in [-0.2, -0.15) is 5.26 Å². The Kier molecular flexibility index (Phi) is 4.19. The average Bonchev–Trinajstić information content (AvgIpc) is 2.42. The summed E-state index contributed by atoms with van der Waals surface area (Å²) < 4.78 is 38.5. The Labute approximate surface area is 121 Å². The van der Waals surface area contributed by atoms with Crippen LogP contribution >= 0.6 is 0 Å². The number of alkyl halides is 2. The number of rotatable bonds is 3. The molecule has 1 fully saturated rings. The van der Waals surface area contributed by atoms with Crippen LogP contribution in [-0.4, -0.2) is 44.2 Å². The zero-order valence-electron chi connectivity index (χ0n) is 11.9. The number of methoxy groups -OCH3 is 1. The Hall–Kier alpha value is -2.07. The SMILES string of the molecule is COc1cc(N)c(C#N)cc1O[C@@H]1CCN(C)CC1(F)F. The van der Waals surface area contributed by atoms with Crippen LogP contribution in [0.1, 0.15) is 12.0 Å². The number of benzene rings is 1. The summed E-state index contributed by atoms with van der Waals surface area (Å²) in [7, 11) is 3.03. The fraction of sp³-hybridized carbons (Fsp3) is 0.500. The van der Waals surface area contributed by atoms with Crippen LogP contribution in [0.2, 0.25) is 0 Å². The van der Waals surface area contributed by atoms with E-state index in [2.05, 4.69) is 0 Å². The molecule has 1 aliphatic rings. The zero-order valence-corrected chi connectivity index (χ0v) is 11.9. The van der Waals surface area contributed by atoms with Crippen LogP contribution in [0.25, 0.3) is 0 Å². The lowest BCUT2D eigenvalue weighted by Crippen LogP contribution is -2.52. The summed E-state index contributed by atoms with van der Waals surface area (Å²) in [5, 5.41) is 8.97. The Bertz CT molecular complexity index is 572. The summed E-state index contributed by atoms with van der Waals surface area (Å²) in [6.45, 7) is 0.155. The molecule has 0 aliphatic carbocycles. The minimum atomic E-state index is -2.97. The molecule has 0 radical (unpaired) electrons. The number of anilines is 1. The minimum Gasteiger partial charge on any atom is -0.493 e. The lowest BCUT2D eigenvalue weighted by atomic mass is 10.0. The van der Waals surface area contributed by atoms with Gasteiger partial charge >= 0.3 is 0 Å². The normalized spacial score (nSPS) is 21.6. The van der Waals surface area contributed by atoms with Crippen LogP contribution in [0.5, 0.6) is 11.5 Å². The van der Waals surface area contributed by atoms with E-state index in [1.54, 1.807) is 11.9 Å². The molecule has 0 aromatic heterocycles. The Balaban J connectivity index is 2.28. The van der Waals surface area contributed by atoms with Gasteiger partial charge < -0.3 is 20.1 Å².